The van der Waals surface area contributed by atoms with Gasteiger partial charge in [-0.3, -0.25) is 4.98 Å². The SMILES string of the molecule is CCCNCc1cncc(Oc2cc(Cl)c(Br)cc2Cl)c1. The Balaban J connectivity index is 2.12. The van der Waals surface area contributed by atoms with Gasteiger partial charge in [0.05, 0.1) is 16.2 Å². The van der Waals surface area contributed by atoms with E-state index in [9.17, 15) is 0 Å². The van der Waals surface area contributed by atoms with Crippen LogP contribution in [0.5, 0.6) is 11.5 Å². The smallest absolute Gasteiger partial charge is 0.147 e. The quantitative estimate of drug-likeness (QED) is 0.527. The lowest BCUT2D eigenvalue weighted by Gasteiger charge is -2.10. The van der Waals surface area contributed by atoms with E-state index in [2.05, 4.69) is 33.2 Å². The molecule has 0 amide bonds. The van der Waals surface area contributed by atoms with Crippen molar-refractivity contribution in [2.75, 3.05) is 6.54 Å². The average Bonchev–Trinajstić information content (AvgIpc) is 2.45. The largest absolute Gasteiger partial charge is 0.454 e. The summed E-state index contributed by atoms with van der Waals surface area (Å²) in [4.78, 5) is 4.18. The Morgan fingerprint density at radius 1 is 1.19 bits per heavy atom. The third-order valence-electron chi connectivity index (χ3n) is 2.73. The third kappa shape index (κ3) is 4.85. The van der Waals surface area contributed by atoms with Crippen molar-refractivity contribution in [3.8, 4) is 11.5 Å². The zero-order valence-electron chi connectivity index (χ0n) is 11.5. The first kappa shape index (κ1) is 16.6. The van der Waals surface area contributed by atoms with E-state index in [0.29, 0.717) is 21.5 Å². The Labute approximate surface area is 142 Å². The van der Waals surface area contributed by atoms with Crippen LogP contribution < -0.4 is 10.1 Å². The molecule has 3 nitrogen and oxygen atoms in total. The Kier molecular flexibility index (Phi) is 6.30. The standard InChI is InChI=1S/C15H15BrCl2N2O/c1-2-3-19-7-10-4-11(9-20-8-10)21-15-6-13(17)12(16)5-14(15)18/h4-6,8-9,19H,2-3,7H2,1H3. The number of nitrogens with one attached hydrogen (secondary N) is 1. The minimum absolute atomic E-state index is 0.487. The van der Waals surface area contributed by atoms with Crippen LogP contribution in [-0.2, 0) is 6.54 Å². The number of ether oxygens (including phenoxy) is 1. The zero-order valence-corrected chi connectivity index (χ0v) is 14.6. The molecule has 0 fully saturated rings. The summed E-state index contributed by atoms with van der Waals surface area (Å²) in [7, 11) is 0. The molecule has 112 valence electrons. The van der Waals surface area contributed by atoms with Crippen LogP contribution in [0.15, 0.2) is 35.1 Å². The Morgan fingerprint density at radius 3 is 2.76 bits per heavy atom. The number of pyridine rings is 1. The molecule has 0 atom stereocenters. The van der Waals surface area contributed by atoms with Crippen LogP contribution in [0.25, 0.3) is 0 Å². The van der Waals surface area contributed by atoms with Crippen molar-refractivity contribution in [3.05, 3.63) is 50.7 Å². The number of rotatable bonds is 6. The highest BCUT2D eigenvalue weighted by molar-refractivity contribution is 9.10. The molecule has 0 aliphatic heterocycles. The van der Waals surface area contributed by atoms with Crippen molar-refractivity contribution < 1.29 is 4.74 Å². The molecule has 0 unspecified atom stereocenters. The molecule has 2 rings (SSSR count). The van der Waals surface area contributed by atoms with Gasteiger partial charge in [-0.2, -0.15) is 0 Å². The Morgan fingerprint density at radius 2 is 2.00 bits per heavy atom. The van der Waals surface area contributed by atoms with Crippen molar-refractivity contribution >= 4 is 39.1 Å². The minimum atomic E-state index is 0.487. The predicted octanol–water partition coefficient (Wildman–Crippen LogP) is 5.44. The highest BCUT2D eigenvalue weighted by Gasteiger charge is 2.08. The molecule has 21 heavy (non-hydrogen) atoms. The van der Waals surface area contributed by atoms with E-state index in [1.165, 1.54) is 0 Å². The molecule has 1 aromatic heterocycles. The zero-order chi connectivity index (χ0) is 15.2. The van der Waals surface area contributed by atoms with Crippen molar-refractivity contribution in [2.24, 2.45) is 0 Å². The topological polar surface area (TPSA) is 34.2 Å². The molecule has 2 aromatic rings. The molecule has 0 radical (unpaired) electrons. The van der Waals surface area contributed by atoms with Gasteiger partial charge in [-0.1, -0.05) is 30.1 Å². The lowest BCUT2D eigenvalue weighted by atomic mass is 10.2. The first-order chi connectivity index (χ1) is 10.1. The third-order valence-corrected chi connectivity index (χ3v) is 4.22. The molecule has 0 aliphatic carbocycles. The molecule has 0 saturated heterocycles. The monoisotopic (exact) mass is 388 g/mol. The fourth-order valence-corrected chi connectivity index (χ4v) is 2.57. The fraction of sp³-hybridized carbons (Fsp3) is 0.267. The lowest BCUT2D eigenvalue weighted by Crippen LogP contribution is -2.13. The summed E-state index contributed by atoms with van der Waals surface area (Å²) in [5.74, 6) is 1.14. The predicted molar refractivity (Wildman–Crippen MR) is 90.5 cm³/mol. The molecule has 1 N–H and O–H groups in total. The summed E-state index contributed by atoms with van der Waals surface area (Å²) in [5, 5.41) is 4.35. The maximum Gasteiger partial charge on any atom is 0.147 e. The summed E-state index contributed by atoms with van der Waals surface area (Å²) in [6, 6.07) is 5.32. The van der Waals surface area contributed by atoms with Crippen LogP contribution in [0, 0.1) is 0 Å². The van der Waals surface area contributed by atoms with Gasteiger partial charge in [0.15, 0.2) is 0 Å². The molecule has 0 bridgehead atoms. The Hall–Kier alpha value is -0.810. The summed E-state index contributed by atoms with van der Waals surface area (Å²) < 4.78 is 6.50. The van der Waals surface area contributed by atoms with Crippen LogP contribution >= 0.6 is 39.1 Å². The second kappa shape index (κ2) is 7.99. The van der Waals surface area contributed by atoms with Crippen molar-refractivity contribution in [2.45, 2.75) is 19.9 Å². The van der Waals surface area contributed by atoms with E-state index >= 15 is 0 Å². The summed E-state index contributed by atoms with van der Waals surface area (Å²) in [6.45, 7) is 3.86. The molecule has 0 spiro atoms. The molecule has 1 heterocycles. The van der Waals surface area contributed by atoms with E-state index < -0.39 is 0 Å². The van der Waals surface area contributed by atoms with Gasteiger partial charge in [0.25, 0.3) is 0 Å². The second-order valence-corrected chi connectivity index (χ2v) is 6.17. The molecule has 0 aliphatic rings. The van der Waals surface area contributed by atoms with Crippen LogP contribution in [0.4, 0.5) is 0 Å². The molecular weight excluding hydrogens is 375 g/mol. The number of hydrogen-bond acceptors (Lipinski definition) is 3. The van der Waals surface area contributed by atoms with Crippen molar-refractivity contribution in [3.63, 3.8) is 0 Å². The number of hydrogen-bond donors (Lipinski definition) is 1. The van der Waals surface area contributed by atoms with Crippen LogP contribution in [0.3, 0.4) is 0 Å². The van der Waals surface area contributed by atoms with E-state index in [0.717, 1.165) is 29.5 Å². The maximum atomic E-state index is 6.15. The second-order valence-electron chi connectivity index (χ2n) is 4.50. The number of benzene rings is 1. The van der Waals surface area contributed by atoms with E-state index in [-0.39, 0.29) is 0 Å². The first-order valence-electron chi connectivity index (χ1n) is 6.57. The number of nitrogens with zero attached hydrogens (tertiary/aromatic N) is 1. The number of aromatic nitrogens is 1. The van der Waals surface area contributed by atoms with Gasteiger partial charge in [-0.25, -0.2) is 0 Å². The number of halogens is 3. The lowest BCUT2D eigenvalue weighted by molar-refractivity contribution is 0.479. The first-order valence-corrected chi connectivity index (χ1v) is 8.12. The van der Waals surface area contributed by atoms with Gasteiger partial charge in [-0.05, 0) is 46.6 Å². The van der Waals surface area contributed by atoms with Gasteiger partial charge in [0, 0.05) is 23.3 Å². The van der Waals surface area contributed by atoms with Gasteiger partial charge < -0.3 is 10.1 Å². The van der Waals surface area contributed by atoms with Crippen LogP contribution in [0.2, 0.25) is 10.0 Å². The summed E-state index contributed by atoms with van der Waals surface area (Å²) in [5.41, 5.74) is 1.06. The molecule has 0 saturated carbocycles. The van der Waals surface area contributed by atoms with Gasteiger partial charge >= 0.3 is 0 Å². The van der Waals surface area contributed by atoms with Gasteiger partial charge in [0.2, 0.25) is 0 Å². The fourth-order valence-electron chi connectivity index (χ4n) is 1.74. The van der Waals surface area contributed by atoms with Crippen LogP contribution in [-0.4, -0.2) is 11.5 Å². The summed E-state index contributed by atoms with van der Waals surface area (Å²) in [6.07, 6.45) is 4.55. The van der Waals surface area contributed by atoms with Gasteiger partial charge in [-0.15, -0.1) is 0 Å². The summed E-state index contributed by atoms with van der Waals surface area (Å²) >= 11 is 15.5. The molecule has 6 heteroatoms. The van der Waals surface area contributed by atoms with E-state index in [4.69, 9.17) is 27.9 Å². The van der Waals surface area contributed by atoms with E-state index in [1.807, 2.05) is 12.3 Å². The van der Waals surface area contributed by atoms with Crippen LogP contribution in [0.1, 0.15) is 18.9 Å². The molecule has 1 aromatic carbocycles. The normalized spacial score (nSPS) is 10.7. The van der Waals surface area contributed by atoms with Crippen molar-refractivity contribution in [1.82, 2.24) is 10.3 Å². The van der Waals surface area contributed by atoms with Gasteiger partial charge in [0.1, 0.15) is 11.5 Å². The average molecular weight is 390 g/mol. The highest BCUT2D eigenvalue weighted by atomic mass is 79.9. The maximum absolute atomic E-state index is 6.15. The highest BCUT2D eigenvalue weighted by Crippen LogP contribution is 2.36. The van der Waals surface area contributed by atoms with Crippen molar-refractivity contribution in [1.29, 1.82) is 0 Å². The minimum Gasteiger partial charge on any atom is -0.454 e. The Bertz CT molecular complexity index is 623. The molecular formula is C15H15BrCl2N2O. The van der Waals surface area contributed by atoms with E-state index in [1.54, 1.807) is 18.3 Å².